The van der Waals surface area contributed by atoms with E-state index in [1.54, 1.807) is 7.11 Å². The SMILES string of the molecule is COc1ccc(/C=C2/S/C(=N/N=C3/CC4CCC3(C)C4(C)C)NC2=O)cc1. The van der Waals surface area contributed by atoms with Crippen LogP contribution in [0.5, 0.6) is 5.75 Å². The Hall–Kier alpha value is -2.08. The monoisotopic (exact) mass is 383 g/mol. The first-order chi connectivity index (χ1) is 12.8. The normalized spacial score (nSPS) is 33.3. The summed E-state index contributed by atoms with van der Waals surface area (Å²) in [5, 5.41) is 12.3. The van der Waals surface area contributed by atoms with Gasteiger partial charge in [-0.1, -0.05) is 32.9 Å². The van der Waals surface area contributed by atoms with Gasteiger partial charge in [-0.3, -0.25) is 10.1 Å². The zero-order valence-electron chi connectivity index (χ0n) is 16.2. The molecule has 5 nitrogen and oxygen atoms in total. The van der Waals surface area contributed by atoms with Gasteiger partial charge in [0.1, 0.15) is 5.75 Å². The first-order valence-electron chi connectivity index (χ1n) is 9.33. The molecule has 0 spiro atoms. The van der Waals surface area contributed by atoms with Gasteiger partial charge in [0.15, 0.2) is 5.17 Å². The van der Waals surface area contributed by atoms with E-state index in [0.717, 1.165) is 17.7 Å². The van der Waals surface area contributed by atoms with Gasteiger partial charge < -0.3 is 4.74 Å². The highest BCUT2D eigenvalue weighted by Gasteiger charge is 2.60. The lowest BCUT2D eigenvalue weighted by molar-refractivity contribution is -0.115. The van der Waals surface area contributed by atoms with Gasteiger partial charge in [0.05, 0.1) is 12.0 Å². The molecule has 0 radical (unpaired) electrons. The third-order valence-corrected chi connectivity index (χ3v) is 7.74. The molecule has 1 aromatic rings. The minimum atomic E-state index is -0.130. The smallest absolute Gasteiger partial charge is 0.264 e. The number of amidine groups is 1. The van der Waals surface area contributed by atoms with Crippen LogP contribution in [-0.4, -0.2) is 23.9 Å². The molecule has 2 aliphatic carbocycles. The van der Waals surface area contributed by atoms with Crippen molar-refractivity contribution < 1.29 is 9.53 Å². The summed E-state index contributed by atoms with van der Waals surface area (Å²) in [6, 6.07) is 7.60. The van der Waals surface area contributed by atoms with Crippen molar-refractivity contribution in [1.82, 2.24) is 5.32 Å². The van der Waals surface area contributed by atoms with E-state index in [0.29, 0.717) is 16.0 Å². The number of carbonyl (C=O) groups excluding carboxylic acids is 1. The number of nitrogens with one attached hydrogen (secondary N) is 1. The van der Waals surface area contributed by atoms with Crippen LogP contribution in [0, 0.1) is 16.7 Å². The van der Waals surface area contributed by atoms with Gasteiger partial charge in [-0.2, -0.15) is 5.10 Å². The van der Waals surface area contributed by atoms with E-state index in [-0.39, 0.29) is 16.7 Å². The fraction of sp³-hybridized carbons (Fsp3) is 0.476. The molecule has 1 N–H and O–H groups in total. The molecule has 3 aliphatic rings. The average molecular weight is 384 g/mol. The molecule has 2 unspecified atom stereocenters. The van der Waals surface area contributed by atoms with Gasteiger partial charge in [-0.15, -0.1) is 5.10 Å². The molecular formula is C21H25N3O2S. The van der Waals surface area contributed by atoms with Crippen LogP contribution < -0.4 is 10.1 Å². The first kappa shape index (κ1) is 18.3. The fourth-order valence-corrected chi connectivity index (χ4v) is 5.28. The number of amides is 1. The zero-order valence-corrected chi connectivity index (χ0v) is 17.0. The van der Waals surface area contributed by atoms with Gasteiger partial charge in [0.25, 0.3) is 5.91 Å². The molecular weight excluding hydrogens is 358 g/mol. The summed E-state index contributed by atoms with van der Waals surface area (Å²) < 4.78 is 5.16. The van der Waals surface area contributed by atoms with Crippen molar-refractivity contribution in [1.29, 1.82) is 0 Å². The Morgan fingerprint density at radius 3 is 2.56 bits per heavy atom. The predicted octanol–water partition coefficient (Wildman–Crippen LogP) is 4.46. The van der Waals surface area contributed by atoms with Crippen molar-refractivity contribution in [3.8, 4) is 5.75 Å². The molecule has 2 atom stereocenters. The molecule has 1 heterocycles. The van der Waals surface area contributed by atoms with Crippen LogP contribution in [0.2, 0.25) is 0 Å². The number of rotatable bonds is 3. The molecule has 4 rings (SSSR count). The number of benzene rings is 1. The Labute approximate surface area is 164 Å². The summed E-state index contributed by atoms with van der Waals surface area (Å²) in [7, 11) is 1.63. The van der Waals surface area contributed by atoms with Gasteiger partial charge in [-0.25, -0.2) is 0 Å². The van der Waals surface area contributed by atoms with Crippen molar-refractivity contribution in [3.63, 3.8) is 0 Å². The predicted molar refractivity (Wildman–Crippen MR) is 111 cm³/mol. The van der Waals surface area contributed by atoms with E-state index in [1.807, 2.05) is 30.3 Å². The van der Waals surface area contributed by atoms with Crippen LogP contribution in [0.25, 0.3) is 6.08 Å². The zero-order chi connectivity index (χ0) is 19.2. The maximum absolute atomic E-state index is 12.2. The highest BCUT2D eigenvalue weighted by Crippen LogP contribution is 2.64. The second kappa shape index (κ2) is 6.51. The first-order valence-corrected chi connectivity index (χ1v) is 10.1. The second-order valence-electron chi connectivity index (χ2n) is 8.28. The van der Waals surface area contributed by atoms with Gasteiger partial charge in [0.2, 0.25) is 0 Å². The lowest BCUT2D eigenvalue weighted by Crippen LogP contribution is -2.32. The molecule has 1 aromatic carbocycles. The lowest BCUT2D eigenvalue weighted by atomic mass is 9.70. The van der Waals surface area contributed by atoms with Crippen molar-refractivity contribution in [2.45, 2.75) is 40.0 Å². The van der Waals surface area contributed by atoms with Gasteiger partial charge >= 0.3 is 0 Å². The molecule has 0 aromatic heterocycles. The third kappa shape index (κ3) is 3.00. The Kier molecular flexibility index (Phi) is 4.41. The standard InChI is InChI=1S/C21H25N3O2S/c1-20(2)14-9-10-21(20,3)17(12-14)23-24-19-22-18(25)16(27-19)11-13-5-7-15(26-4)8-6-13/h5-8,11,14H,9-10,12H2,1-4H3,(H,22,24,25)/b16-11+,23-17-. The summed E-state index contributed by atoms with van der Waals surface area (Å²) in [5.41, 5.74) is 2.52. The number of nitrogens with zero attached hydrogens (tertiary/aromatic N) is 2. The average Bonchev–Trinajstić information content (AvgIpc) is 3.17. The van der Waals surface area contributed by atoms with Crippen molar-refractivity contribution in [2.75, 3.05) is 7.11 Å². The summed E-state index contributed by atoms with van der Waals surface area (Å²) in [4.78, 5) is 12.9. The Morgan fingerprint density at radius 2 is 1.96 bits per heavy atom. The maximum Gasteiger partial charge on any atom is 0.264 e. The molecule has 27 heavy (non-hydrogen) atoms. The van der Waals surface area contributed by atoms with Crippen LogP contribution in [0.15, 0.2) is 39.4 Å². The topological polar surface area (TPSA) is 63.1 Å². The third-order valence-electron chi connectivity index (χ3n) is 6.84. The minimum Gasteiger partial charge on any atom is -0.497 e. The number of hydrogen-bond acceptors (Lipinski definition) is 5. The van der Waals surface area contributed by atoms with Crippen LogP contribution in [0.1, 0.15) is 45.6 Å². The fourth-order valence-electron chi connectivity index (χ4n) is 4.51. The van der Waals surface area contributed by atoms with E-state index in [1.165, 1.54) is 30.3 Å². The minimum absolute atomic E-state index is 0.122. The maximum atomic E-state index is 12.2. The molecule has 6 heteroatoms. The Balaban J connectivity index is 1.52. The number of carbonyl (C=O) groups is 1. The van der Waals surface area contributed by atoms with E-state index in [9.17, 15) is 4.79 Å². The van der Waals surface area contributed by atoms with Gasteiger partial charge in [-0.05, 0) is 66.1 Å². The lowest BCUT2D eigenvalue weighted by Gasteiger charge is -2.34. The summed E-state index contributed by atoms with van der Waals surface area (Å²) >= 11 is 1.34. The quantitative estimate of drug-likeness (QED) is 0.619. The van der Waals surface area contributed by atoms with E-state index in [4.69, 9.17) is 4.74 Å². The van der Waals surface area contributed by atoms with Crippen molar-refractivity contribution in [3.05, 3.63) is 34.7 Å². The number of methoxy groups -OCH3 is 1. The molecule has 142 valence electrons. The number of ether oxygens (including phenoxy) is 1. The molecule has 3 fully saturated rings. The van der Waals surface area contributed by atoms with Crippen LogP contribution >= 0.6 is 11.8 Å². The van der Waals surface area contributed by atoms with Crippen molar-refractivity contribution >= 4 is 34.6 Å². The Morgan fingerprint density at radius 1 is 1.22 bits per heavy atom. The number of fused-ring (bicyclic) bond motifs is 2. The Bertz CT molecular complexity index is 870. The summed E-state index contributed by atoms with van der Waals surface area (Å²) in [6.45, 7) is 7.01. The summed E-state index contributed by atoms with van der Waals surface area (Å²) in [5.74, 6) is 1.35. The van der Waals surface area contributed by atoms with Crippen LogP contribution in [0.4, 0.5) is 0 Å². The highest BCUT2D eigenvalue weighted by molar-refractivity contribution is 8.18. The largest absolute Gasteiger partial charge is 0.497 e. The van der Waals surface area contributed by atoms with Crippen LogP contribution in [-0.2, 0) is 4.79 Å². The summed E-state index contributed by atoms with van der Waals surface area (Å²) in [6.07, 6.45) is 5.33. The molecule has 1 amide bonds. The van der Waals surface area contributed by atoms with Crippen LogP contribution in [0.3, 0.4) is 0 Å². The van der Waals surface area contributed by atoms with E-state index in [2.05, 4.69) is 36.3 Å². The molecule has 1 aliphatic heterocycles. The molecule has 2 saturated carbocycles. The highest BCUT2D eigenvalue weighted by atomic mass is 32.2. The molecule has 2 bridgehead atoms. The number of thioether (sulfide) groups is 1. The molecule has 1 saturated heterocycles. The van der Waals surface area contributed by atoms with E-state index >= 15 is 0 Å². The van der Waals surface area contributed by atoms with Crippen molar-refractivity contribution in [2.24, 2.45) is 27.0 Å². The number of hydrogen-bond donors (Lipinski definition) is 1. The van der Waals surface area contributed by atoms with Gasteiger partial charge in [0, 0.05) is 11.1 Å². The second-order valence-corrected chi connectivity index (χ2v) is 9.31. The van der Waals surface area contributed by atoms with E-state index < -0.39 is 0 Å².